The van der Waals surface area contributed by atoms with Crippen molar-refractivity contribution >= 4 is 33.9 Å². The highest BCUT2D eigenvalue weighted by Gasteiger charge is 2.33. The van der Waals surface area contributed by atoms with Crippen molar-refractivity contribution in [3.05, 3.63) is 53.4 Å². The van der Waals surface area contributed by atoms with Crippen molar-refractivity contribution in [3.63, 3.8) is 0 Å². The lowest BCUT2D eigenvalue weighted by Crippen LogP contribution is -2.36. The molecule has 0 aliphatic carbocycles. The molecule has 0 spiro atoms. The summed E-state index contributed by atoms with van der Waals surface area (Å²) >= 11 is 0.931. The van der Waals surface area contributed by atoms with E-state index in [1.54, 1.807) is 6.92 Å². The van der Waals surface area contributed by atoms with Crippen LogP contribution in [0.2, 0.25) is 0 Å². The molecular formula is C24H25F5N6O2S. The minimum Gasteiger partial charge on any atom is -0.490 e. The van der Waals surface area contributed by atoms with Gasteiger partial charge in [0.25, 0.3) is 5.91 Å². The Balaban J connectivity index is 1.40. The zero-order valence-electron chi connectivity index (χ0n) is 20.3. The van der Waals surface area contributed by atoms with Gasteiger partial charge in [0.05, 0.1) is 30.3 Å². The minimum absolute atomic E-state index is 0.00342. The van der Waals surface area contributed by atoms with Gasteiger partial charge in [-0.05, 0) is 62.4 Å². The summed E-state index contributed by atoms with van der Waals surface area (Å²) in [7, 11) is 0. The number of amides is 1. The molecule has 0 atom stereocenters. The molecule has 0 saturated carbocycles. The fraction of sp³-hybridized carbons (Fsp3) is 0.417. The number of hydrogen-bond acceptors (Lipinski definition) is 8. The van der Waals surface area contributed by atoms with E-state index >= 15 is 0 Å². The molecule has 14 heteroatoms. The molecule has 3 aromatic rings. The van der Waals surface area contributed by atoms with Crippen molar-refractivity contribution in [3.8, 4) is 5.75 Å². The SMILES string of the molecule is Cc1nsc(Nc2cnc(C(F)(F)F)cn2)c1C(=O)Nc1ccc(F)c(OCC2CCN(CCF)CC2)c1. The standard InChI is InChI=1S/C24H25F5N6O2S/c1-14-21(23(38-34-14)33-20-12-30-19(11-31-20)24(27,28)29)22(36)32-16-2-3-17(26)18(10-16)37-13-15-4-7-35(8-5-15)9-6-25/h2-3,10-12,15H,4-9,13H2,1H3,(H,31,33)(H,32,36). The van der Waals surface area contributed by atoms with Crippen LogP contribution in [0, 0.1) is 18.7 Å². The Bertz CT molecular complexity index is 1250. The summed E-state index contributed by atoms with van der Waals surface area (Å²) in [6, 6.07) is 3.96. The quantitative estimate of drug-likeness (QED) is 0.339. The van der Waals surface area contributed by atoms with Gasteiger partial charge in [-0.1, -0.05) is 0 Å². The van der Waals surface area contributed by atoms with Crippen LogP contribution in [0.15, 0.2) is 30.6 Å². The van der Waals surface area contributed by atoms with Crippen molar-refractivity contribution in [1.29, 1.82) is 0 Å². The molecule has 2 aromatic heterocycles. The van der Waals surface area contributed by atoms with Crippen LogP contribution >= 0.6 is 11.5 Å². The number of carbonyl (C=O) groups excluding carboxylic acids is 1. The first kappa shape index (κ1) is 27.6. The zero-order chi connectivity index (χ0) is 27.3. The van der Waals surface area contributed by atoms with Gasteiger partial charge in [0.1, 0.15) is 17.5 Å². The van der Waals surface area contributed by atoms with Gasteiger partial charge in [0.15, 0.2) is 17.3 Å². The van der Waals surface area contributed by atoms with Gasteiger partial charge in [0.2, 0.25) is 0 Å². The lowest BCUT2D eigenvalue weighted by atomic mass is 9.98. The third-order valence-electron chi connectivity index (χ3n) is 6.05. The van der Waals surface area contributed by atoms with Gasteiger partial charge in [-0.3, -0.25) is 4.79 Å². The number of likely N-dealkylation sites (tertiary alicyclic amines) is 1. The number of piperidine rings is 1. The number of nitrogens with zero attached hydrogens (tertiary/aromatic N) is 4. The van der Waals surface area contributed by atoms with Crippen molar-refractivity contribution < 1.29 is 31.5 Å². The number of aromatic nitrogens is 3. The molecule has 1 aliphatic heterocycles. The number of anilines is 3. The number of aryl methyl sites for hydroxylation is 1. The second kappa shape index (κ2) is 12.0. The smallest absolute Gasteiger partial charge is 0.434 e. The van der Waals surface area contributed by atoms with Gasteiger partial charge >= 0.3 is 6.18 Å². The lowest BCUT2D eigenvalue weighted by Gasteiger charge is -2.31. The maximum atomic E-state index is 14.4. The molecule has 0 unspecified atom stereocenters. The topological polar surface area (TPSA) is 92.3 Å². The maximum absolute atomic E-state index is 14.4. The van der Waals surface area contributed by atoms with E-state index in [2.05, 4.69) is 25.0 Å². The molecule has 1 fully saturated rings. The molecule has 0 bridgehead atoms. The predicted octanol–water partition coefficient (Wildman–Crippen LogP) is 5.46. The molecule has 2 N–H and O–H groups in total. The Hall–Kier alpha value is -3.39. The van der Waals surface area contributed by atoms with Gasteiger partial charge in [-0.2, -0.15) is 17.5 Å². The van der Waals surface area contributed by atoms with Gasteiger partial charge in [0, 0.05) is 18.3 Å². The summed E-state index contributed by atoms with van der Waals surface area (Å²) in [5.41, 5.74) is -0.316. The fourth-order valence-electron chi connectivity index (χ4n) is 3.97. The molecule has 38 heavy (non-hydrogen) atoms. The summed E-state index contributed by atoms with van der Waals surface area (Å²) in [4.78, 5) is 22.1. The van der Waals surface area contributed by atoms with Gasteiger partial charge in [-0.25, -0.2) is 18.7 Å². The summed E-state index contributed by atoms with van der Waals surface area (Å²) in [6.07, 6.45) is -1.48. The number of rotatable bonds is 9. The second-order valence-corrected chi connectivity index (χ2v) is 9.54. The summed E-state index contributed by atoms with van der Waals surface area (Å²) in [5, 5.41) is 5.71. The van der Waals surface area contributed by atoms with E-state index in [1.807, 2.05) is 4.90 Å². The molecule has 1 amide bonds. The van der Waals surface area contributed by atoms with Gasteiger partial charge < -0.3 is 20.3 Å². The highest BCUT2D eigenvalue weighted by atomic mass is 32.1. The van der Waals surface area contributed by atoms with Crippen molar-refractivity contribution in [1.82, 2.24) is 19.2 Å². The van der Waals surface area contributed by atoms with Crippen LogP contribution < -0.4 is 15.4 Å². The van der Waals surface area contributed by atoms with Crippen LogP contribution in [-0.2, 0) is 6.18 Å². The molecule has 8 nitrogen and oxygen atoms in total. The van der Waals surface area contributed by atoms with E-state index in [-0.39, 0.29) is 40.4 Å². The van der Waals surface area contributed by atoms with E-state index in [9.17, 15) is 26.7 Å². The third kappa shape index (κ3) is 6.92. The number of ether oxygens (including phenoxy) is 1. The zero-order valence-corrected chi connectivity index (χ0v) is 21.1. The highest BCUT2D eigenvalue weighted by Crippen LogP contribution is 2.31. The van der Waals surface area contributed by atoms with Crippen molar-refractivity contribution in [2.24, 2.45) is 5.92 Å². The second-order valence-electron chi connectivity index (χ2n) is 8.77. The van der Waals surface area contributed by atoms with Crippen LogP contribution in [0.25, 0.3) is 0 Å². The normalized spacial score (nSPS) is 14.9. The Morgan fingerprint density at radius 1 is 1.21 bits per heavy atom. The number of nitrogens with one attached hydrogen (secondary N) is 2. The van der Waals surface area contributed by atoms with Crippen LogP contribution in [0.4, 0.5) is 38.5 Å². The lowest BCUT2D eigenvalue weighted by molar-refractivity contribution is -0.141. The number of alkyl halides is 4. The molecule has 204 valence electrons. The predicted molar refractivity (Wildman–Crippen MR) is 132 cm³/mol. The van der Waals surface area contributed by atoms with Crippen LogP contribution in [0.1, 0.15) is 34.6 Å². The molecular weight excluding hydrogens is 531 g/mol. The number of halogens is 5. The number of carbonyl (C=O) groups is 1. The summed E-state index contributed by atoms with van der Waals surface area (Å²) < 4.78 is 74.9. The highest BCUT2D eigenvalue weighted by molar-refractivity contribution is 7.10. The van der Waals surface area contributed by atoms with Gasteiger partial charge in [-0.15, -0.1) is 0 Å². The Labute approximate surface area is 219 Å². The fourth-order valence-corrected chi connectivity index (χ4v) is 4.77. The average molecular weight is 557 g/mol. The molecule has 0 radical (unpaired) electrons. The van der Waals surface area contributed by atoms with E-state index in [0.29, 0.717) is 25.0 Å². The van der Waals surface area contributed by atoms with Crippen molar-refractivity contribution in [2.45, 2.75) is 25.9 Å². The molecule has 1 aliphatic rings. The average Bonchev–Trinajstić information content (AvgIpc) is 3.25. The first-order valence-corrected chi connectivity index (χ1v) is 12.6. The Morgan fingerprint density at radius 3 is 2.63 bits per heavy atom. The van der Waals surface area contributed by atoms with Crippen LogP contribution in [0.5, 0.6) is 5.75 Å². The maximum Gasteiger partial charge on any atom is 0.434 e. The van der Waals surface area contributed by atoms with E-state index in [1.165, 1.54) is 18.2 Å². The monoisotopic (exact) mass is 556 g/mol. The molecule has 1 aromatic carbocycles. The first-order chi connectivity index (χ1) is 18.1. The summed E-state index contributed by atoms with van der Waals surface area (Å²) in [6.45, 7) is 3.46. The third-order valence-corrected chi connectivity index (χ3v) is 6.90. The summed E-state index contributed by atoms with van der Waals surface area (Å²) in [5.74, 6) is -0.924. The minimum atomic E-state index is -4.62. The number of benzene rings is 1. The van der Waals surface area contributed by atoms with E-state index in [4.69, 9.17) is 4.74 Å². The largest absolute Gasteiger partial charge is 0.490 e. The molecule has 4 rings (SSSR count). The molecule has 3 heterocycles. The first-order valence-electron chi connectivity index (χ1n) is 11.8. The van der Waals surface area contributed by atoms with E-state index < -0.39 is 23.6 Å². The Kier molecular flexibility index (Phi) is 8.72. The Morgan fingerprint density at radius 2 is 1.97 bits per heavy atom. The van der Waals surface area contributed by atoms with Crippen molar-refractivity contribution in [2.75, 3.05) is 43.5 Å². The number of hydrogen-bond donors (Lipinski definition) is 2. The van der Waals surface area contributed by atoms with E-state index in [0.717, 1.165) is 43.7 Å². The molecule has 1 saturated heterocycles. The van der Waals surface area contributed by atoms with Crippen LogP contribution in [0.3, 0.4) is 0 Å². The van der Waals surface area contributed by atoms with Crippen LogP contribution in [-0.4, -0.2) is 58.1 Å².